The summed E-state index contributed by atoms with van der Waals surface area (Å²) >= 11 is 5.92. The van der Waals surface area contributed by atoms with E-state index in [0.29, 0.717) is 6.04 Å². The number of nitrogens with one attached hydrogen (secondary N) is 1. The molecule has 1 N–H and O–H groups in total. The molecule has 4 heteroatoms. The van der Waals surface area contributed by atoms with Gasteiger partial charge in [-0.05, 0) is 58.9 Å². The lowest BCUT2D eigenvalue weighted by Crippen LogP contribution is -2.31. The first-order valence-corrected chi connectivity index (χ1v) is 7.16. The van der Waals surface area contributed by atoms with Gasteiger partial charge in [-0.25, -0.2) is 0 Å². The lowest BCUT2D eigenvalue weighted by Gasteiger charge is -2.23. The number of nitrogens with zero attached hydrogens (tertiary/aromatic N) is 2. The third kappa shape index (κ3) is 6.39. The van der Waals surface area contributed by atoms with Crippen molar-refractivity contribution in [2.45, 2.75) is 12.5 Å². The molecule has 0 amide bonds. The maximum Gasteiger partial charge on any atom is 0.0406 e. The second-order valence-electron chi connectivity index (χ2n) is 5.29. The molecule has 0 fully saturated rings. The number of hydrogen-bond donors (Lipinski definition) is 1. The summed E-state index contributed by atoms with van der Waals surface area (Å²) in [6, 6.07) is 8.50. The van der Waals surface area contributed by atoms with E-state index in [1.54, 1.807) is 0 Å². The van der Waals surface area contributed by atoms with Crippen LogP contribution in [0.3, 0.4) is 0 Å². The molecule has 108 valence electrons. The van der Waals surface area contributed by atoms with E-state index in [1.807, 2.05) is 19.2 Å². The Labute approximate surface area is 122 Å². The molecule has 0 saturated carbocycles. The Balaban J connectivity index is 2.42. The molecule has 0 aromatic heterocycles. The molecule has 1 aromatic carbocycles. The van der Waals surface area contributed by atoms with Crippen molar-refractivity contribution >= 4 is 11.6 Å². The molecule has 0 aliphatic rings. The fraction of sp³-hybridized carbons (Fsp3) is 0.600. The summed E-state index contributed by atoms with van der Waals surface area (Å²) in [6.07, 6.45) is 1.10. The molecule has 0 aliphatic carbocycles. The van der Waals surface area contributed by atoms with Crippen LogP contribution in [0, 0.1) is 0 Å². The van der Waals surface area contributed by atoms with E-state index in [-0.39, 0.29) is 0 Å². The summed E-state index contributed by atoms with van der Waals surface area (Å²) in [5.74, 6) is 0. The minimum Gasteiger partial charge on any atom is -0.313 e. The van der Waals surface area contributed by atoms with Gasteiger partial charge in [-0.1, -0.05) is 23.7 Å². The van der Waals surface area contributed by atoms with Gasteiger partial charge >= 0.3 is 0 Å². The predicted molar refractivity (Wildman–Crippen MR) is 83.9 cm³/mol. The second-order valence-corrected chi connectivity index (χ2v) is 5.72. The van der Waals surface area contributed by atoms with Crippen LogP contribution in [0.4, 0.5) is 0 Å². The molecule has 1 atom stereocenters. The van der Waals surface area contributed by atoms with Crippen molar-refractivity contribution in [1.29, 1.82) is 0 Å². The molecule has 0 spiro atoms. The standard InChI is InChI=1S/C15H26ClN3/c1-17-15(13-5-7-14(16)8-6-13)9-10-19(4)12-11-18(2)3/h5-8,15,17H,9-12H2,1-4H3. The monoisotopic (exact) mass is 283 g/mol. The summed E-state index contributed by atoms with van der Waals surface area (Å²) < 4.78 is 0. The number of benzene rings is 1. The van der Waals surface area contributed by atoms with Crippen LogP contribution in [0.5, 0.6) is 0 Å². The highest BCUT2D eigenvalue weighted by Crippen LogP contribution is 2.19. The van der Waals surface area contributed by atoms with Gasteiger partial charge in [0.1, 0.15) is 0 Å². The van der Waals surface area contributed by atoms with Gasteiger partial charge in [0, 0.05) is 24.2 Å². The largest absolute Gasteiger partial charge is 0.313 e. The molecule has 0 saturated heterocycles. The van der Waals surface area contributed by atoms with Crippen molar-refractivity contribution in [2.75, 3.05) is 47.8 Å². The van der Waals surface area contributed by atoms with Gasteiger partial charge in [-0.15, -0.1) is 0 Å². The number of halogens is 1. The number of hydrogen-bond acceptors (Lipinski definition) is 3. The minimum absolute atomic E-state index is 0.388. The average Bonchev–Trinajstić information content (AvgIpc) is 2.39. The van der Waals surface area contributed by atoms with E-state index in [2.05, 4.69) is 48.4 Å². The van der Waals surface area contributed by atoms with E-state index in [4.69, 9.17) is 11.6 Å². The summed E-state index contributed by atoms with van der Waals surface area (Å²) in [5, 5.41) is 4.17. The van der Waals surface area contributed by atoms with Gasteiger partial charge in [-0.2, -0.15) is 0 Å². The van der Waals surface area contributed by atoms with Crippen LogP contribution in [0.25, 0.3) is 0 Å². The van der Waals surface area contributed by atoms with Crippen molar-refractivity contribution in [3.05, 3.63) is 34.9 Å². The molecule has 1 rings (SSSR count). The quantitative estimate of drug-likeness (QED) is 0.791. The van der Waals surface area contributed by atoms with Gasteiger partial charge in [0.05, 0.1) is 0 Å². The van der Waals surface area contributed by atoms with Crippen LogP contribution in [0.1, 0.15) is 18.0 Å². The molecule has 1 unspecified atom stereocenters. The minimum atomic E-state index is 0.388. The zero-order chi connectivity index (χ0) is 14.3. The highest BCUT2D eigenvalue weighted by Gasteiger charge is 2.10. The van der Waals surface area contributed by atoms with Crippen molar-refractivity contribution in [3.8, 4) is 0 Å². The molecule has 0 bridgehead atoms. The molecule has 1 aromatic rings. The van der Waals surface area contributed by atoms with Crippen molar-refractivity contribution in [3.63, 3.8) is 0 Å². The SMILES string of the molecule is CNC(CCN(C)CCN(C)C)c1ccc(Cl)cc1. The predicted octanol–water partition coefficient (Wildman–Crippen LogP) is 2.48. The smallest absolute Gasteiger partial charge is 0.0406 e. The van der Waals surface area contributed by atoms with Crippen molar-refractivity contribution < 1.29 is 0 Å². The van der Waals surface area contributed by atoms with Crippen LogP contribution >= 0.6 is 11.6 Å². The molecule has 19 heavy (non-hydrogen) atoms. The zero-order valence-electron chi connectivity index (χ0n) is 12.5. The van der Waals surface area contributed by atoms with Crippen LogP contribution in [0.2, 0.25) is 5.02 Å². The molecule has 3 nitrogen and oxygen atoms in total. The molecular formula is C15H26ClN3. The van der Waals surface area contributed by atoms with Crippen LogP contribution in [0.15, 0.2) is 24.3 Å². The summed E-state index contributed by atoms with van der Waals surface area (Å²) in [6.45, 7) is 3.29. The van der Waals surface area contributed by atoms with Gasteiger partial charge in [0.25, 0.3) is 0 Å². The number of rotatable bonds is 8. The number of likely N-dealkylation sites (N-methyl/N-ethyl adjacent to an activating group) is 2. The highest BCUT2D eigenvalue weighted by atomic mass is 35.5. The summed E-state index contributed by atoms with van der Waals surface area (Å²) in [7, 11) is 8.41. The van der Waals surface area contributed by atoms with Gasteiger partial charge < -0.3 is 15.1 Å². The first kappa shape index (κ1) is 16.4. The highest BCUT2D eigenvalue weighted by molar-refractivity contribution is 6.30. The summed E-state index contributed by atoms with van der Waals surface area (Å²) in [4.78, 5) is 4.59. The maximum atomic E-state index is 5.92. The van der Waals surface area contributed by atoms with Gasteiger partial charge in [0.15, 0.2) is 0 Å². The Hall–Kier alpha value is -0.610. The lowest BCUT2D eigenvalue weighted by atomic mass is 10.0. The van der Waals surface area contributed by atoms with Gasteiger partial charge in [-0.3, -0.25) is 0 Å². The summed E-state index contributed by atoms with van der Waals surface area (Å²) in [5.41, 5.74) is 1.30. The van der Waals surface area contributed by atoms with E-state index in [9.17, 15) is 0 Å². The molecule has 0 radical (unpaired) electrons. The first-order valence-electron chi connectivity index (χ1n) is 6.79. The fourth-order valence-corrected chi connectivity index (χ4v) is 2.13. The Morgan fingerprint density at radius 1 is 1.05 bits per heavy atom. The molecule has 0 aliphatic heterocycles. The Morgan fingerprint density at radius 3 is 2.21 bits per heavy atom. The van der Waals surface area contributed by atoms with E-state index in [0.717, 1.165) is 31.1 Å². The first-order chi connectivity index (χ1) is 9.02. The lowest BCUT2D eigenvalue weighted by molar-refractivity contribution is 0.270. The Bertz CT molecular complexity index is 351. The fourth-order valence-electron chi connectivity index (χ4n) is 2.00. The Morgan fingerprint density at radius 2 is 1.68 bits per heavy atom. The van der Waals surface area contributed by atoms with Gasteiger partial charge in [0.2, 0.25) is 0 Å². The third-order valence-corrected chi connectivity index (χ3v) is 3.60. The van der Waals surface area contributed by atoms with E-state index >= 15 is 0 Å². The van der Waals surface area contributed by atoms with Crippen LogP contribution < -0.4 is 5.32 Å². The van der Waals surface area contributed by atoms with E-state index < -0.39 is 0 Å². The molecular weight excluding hydrogens is 258 g/mol. The van der Waals surface area contributed by atoms with Crippen molar-refractivity contribution in [1.82, 2.24) is 15.1 Å². The molecule has 0 heterocycles. The normalized spacial score (nSPS) is 13.2. The second kappa shape index (κ2) is 8.54. The Kier molecular flexibility index (Phi) is 7.39. The third-order valence-electron chi connectivity index (χ3n) is 3.35. The zero-order valence-corrected chi connectivity index (χ0v) is 13.2. The van der Waals surface area contributed by atoms with E-state index in [1.165, 1.54) is 5.56 Å². The topological polar surface area (TPSA) is 18.5 Å². The average molecular weight is 284 g/mol. The maximum absolute atomic E-state index is 5.92. The van der Waals surface area contributed by atoms with Crippen molar-refractivity contribution in [2.24, 2.45) is 0 Å². The van der Waals surface area contributed by atoms with Crippen LogP contribution in [-0.4, -0.2) is 57.6 Å². The van der Waals surface area contributed by atoms with Crippen LogP contribution in [-0.2, 0) is 0 Å².